The van der Waals surface area contributed by atoms with Crippen molar-refractivity contribution in [2.45, 2.75) is 53.6 Å². The Labute approximate surface area is 93.5 Å². The summed E-state index contributed by atoms with van der Waals surface area (Å²) in [7, 11) is 0. The molecule has 0 aliphatic carbocycles. The lowest BCUT2D eigenvalue weighted by Gasteiger charge is -2.18. The highest BCUT2D eigenvalue weighted by atomic mass is 16.5. The second kappa shape index (κ2) is 5.20. The molecule has 84 valence electrons. The van der Waals surface area contributed by atoms with E-state index in [1.165, 1.54) is 16.7 Å². The van der Waals surface area contributed by atoms with Gasteiger partial charge in [0.2, 0.25) is 0 Å². The van der Waals surface area contributed by atoms with Gasteiger partial charge in [-0.2, -0.15) is 0 Å². The Morgan fingerprint density at radius 2 is 1.47 bits per heavy atom. The zero-order valence-electron chi connectivity index (χ0n) is 10.6. The fourth-order valence-corrected chi connectivity index (χ4v) is 1.70. The lowest BCUT2D eigenvalue weighted by atomic mass is 10.1. The summed E-state index contributed by atoms with van der Waals surface area (Å²) in [5.41, 5.74) is 3.89. The maximum atomic E-state index is 5.98. The van der Waals surface area contributed by atoms with Crippen LogP contribution in [0, 0.1) is 20.8 Å². The predicted octanol–water partition coefficient (Wildman–Crippen LogP) is 4.18. The third-order valence-corrected chi connectivity index (χ3v) is 3.00. The molecule has 1 nitrogen and oxygen atoms in total. The summed E-state index contributed by atoms with van der Waals surface area (Å²) in [4.78, 5) is 0. The van der Waals surface area contributed by atoms with Crippen LogP contribution in [-0.4, -0.2) is 6.10 Å². The Bertz CT molecular complexity index is 324. The van der Waals surface area contributed by atoms with Crippen LogP contribution in [-0.2, 0) is 0 Å². The highest BCUT2D eigenvalue weighted by molar-refractivity contribution is 5.40. The molecule has 0 amide bonds. The number of benzene rings is 1. The first-order valence-corrected chi connectivity index (χ1v) is 5.83. The van der Waals surface area contributed by atoms with E-state index in [9.17, 15) is 0 Å². The Morgan fingerprint density at radius 1 is 0.933 bits per heavy atom. The van der Waals surface area contributed by atoms with Gasteiger partial charge in [-0.15, -0.1) is 0 Å². The normalized spacial score (nSPS) is 10.8. The van der Waals surface area contributed by atoms with Gasteiger partial charge in [-0.25, -0.2) is 0 Å². The molecule has 0 aromatic heterocycles. The predicted molar refractivity (Wildman–Crippen MR) is 65.7 cm³/mol. The summed E-state index contributed by atoms with van der Waals surface area (Å²) < 4.78 is 5.98. The zero-order chi connectivity index (χ0) is 11.4. The van der Waals surface area contributed by atoms with Gasteiger partial charge in [0.25, 0.3) is 0 Å². The van der Waals surface area contributed by atoms with Crippen molar-refractivity contribution in [2.24, 2.45) is 0 Å². The van der Waals surface area contributed by atoms with Gasteiger partial charge in [0.05, 0.1) is 6.10 Å². The number of hydrogen-bond donors (Lipinski definition) is 0. The Hall–Kier alpha value is -0.980. The van der Waals surface area contributed by atoms with Crippen molar-refractivity contribution < 1.29 is 4.74 Å². The molecule has 0 heterocycles. The van der Waals surface area contributed by atoms with Gasteiger partial charge in [0, 0.05) is 0 Å². The van der Waals surface area contributed by atoms with Crippen LogP contribution in [0.3, 0.4) is 0 Å². The Kier molecular flexibility index (Phi) is 4.19. The van der Waals surface area contributed by atoms with Crippen LogP contribution in [0.4, 0.5) is 0 Å². The van der Waals surface area contributed by atoms with Crippen LogP contribution in [0.5, 0.6) is 5.75 Å². The molecule has 1 rings (SSSR count). The first-order valence-electron chi connectivity index (χ1n) is 5.83. The van der Waals surface area contributed by atoms with Gasteiger partial charge in [-0.05, 0) is 56.4 Å². The van der Waals surface area contributed by atoms with E-state index in [0.717, 1.165) is 18.6 Å². The topological polar surface area (TPSA) is 9.23 Å². The molecule has 0 aliphatic rings. The maximum absolute atomic E-state index is 5.98. The van der Waals surface area contributed by atoms with Gasteiger partial charge in [0.15, 0.2) is 0 Å². The summed E-state index contributed by atoms with van der Waals surface area (Å²) in [6.07, 6.45) is 2.50. The lowest BCUT2D eigenvalue weighted by Crippen LogP contribution is -2.14. The molecule has 0 saturated heterocycles. The van der Waals surface area contributed by atoms with Crippen LogP contribution < -0.4 is 4.74 Å². The first-order chi connectivity index (χ1) is 7.08. The average molecular weight is 206 g/mol. The molecule has 0 radical (unpaired) electrons. The zero-order valence-corrected chi connectivity index (χ0v) is 10.6. The van der Waals surface area contributed by atoms with Crippen molar-refractivity contribution in [3.05, 3.63) is 28.8 Å². The Morgan fingerprint density at radius 3 is 2.00 bits per heavy atom. The van der Waals surface area contributed by atoms with Crippen LogP contribution in [0.25, 0.3) is 0 Å². The van der Waals surface area contributed by atoms with E-state index in [0.29, 0.717) is 6.10 Å². The molecule has 1 heteroatoms. The van der Waals surface area contributed by atoms with E-state index in [1.807, 2.05) is 0 Å². The minimum atomic E-state index is 0.353. The fourth-order valence-electron chi connectivity index (χ4n) is 1.70. The summed E-state index contributed by atoms with van der Waals surface area (Å²) >= 11 is 0. The molecule has 0 spiro atoms. The van der Waals surface area contributed by atoms with Crippen molar-refractivity contribution >= 4 is 0 Å². The molecule has 0 saturated carbocycles. The molecule has 1 aromatic rings. The van der Waals surface area contributed by atoms with Gasteiger partial charge < -0.3 is 4.74 Å². The van der Waals surface area contributed by atoms with Crippen molar-refractivity contribution in [1.29, 1.82) is 0 Å². The number of aryl methyl sites for hydroxylation is 3. The number of hydrogen-bond acceptors (Lipinski definition) is 1. The molecule has 0 N–H and O–H groups in total. The van der Waals surface area contributed by atoms with Crippen LogP contribution >= 0.6 is 0 Å². The van der Waals surface area contributed by atoms with Gasteiger partial charge in [-0.3, -0.25) is 0 Å². The van der Waals surface area contributed by atoms with Crippen molar-refractivity contribution in [1.82, 2.24) is 0 Å². The third-order valence-electron chi connectivity index (χ3n) is 3.00. The van der Waals surface area contributed by atoms with Crippen LogP contribution in [0.2, 0.25) is 0 Å². The molecule has 0 fully saturated rings. The van der Waals surface area contributed by atoms with Gasteiger partial charge in [0.1, 0.15) is 5.75 Å². The minimum Gasteiger partial charge on any atom is -0.490 e. The average Bonchev–Trinajstić information content (AvgIpc) is 2.21. The molecule has 0 bridgehead atoms. The molecule has 0 atom stereocenters. The van der Waals surface area contributed by atoms with Crippen molar-refractivity contribution in [2.75, 3.05) is 0 Å². The molecule has 15 heavy (non-hydrogen) atoms. The van der Waals surface area contributed by atoms with Crippen LogP contribution in [0.15, 0.2) is 12.1 Å². The standard InChI is InChI=1S/C14H22O/c1-6-13(7-2)15-14-9-11(4)10(3)8-12(14)5/h8-9,13H,6-7H2,1-5H3. The van der Waals surface area contributed by atoms with E-state index < -0.39 is 0 Å². The second-order valence-corrected chi connectivity index (χ2v) is 4.26. The highest BCUT2D eigenvalue weighted by Gasteiger charge is 2.08. The molecular formula is C14H22O. The minimum absolute atomic E-state index is 0.353. The van der Waals surface area contributed by atoms with E-state index in [1.54, 1.807) is 0 Å². The van der Waals surface area contributed by atoms with Crippen LogP contribution in [0.1, 0.15) is 43.4 Å². The second-order valence-electron chi connectivity index (χ2n) is 4.26. The van der Waals surface area contributed by atoms with E-state index in [4.69, 9.17) is 4.74 Å². The summed E-state index contributed by atoms with van der Waals surface area (Å²) in [6.45, 7) is 10.7. The fraction of sp³-hybridized carbons (Fsp3) is 0.571. The highest BCUT2D eigenvalue weighted by Crippen LogP contribution is 2.24. The molecular weight excluding hydrogens is 184 g/mol. The lowest BCUT2D eigenvalue weighted by molar-refractivity contribution is 0.191. The summed E-state index contributed by atoms with van der Waals surface area (Å²) in [5, 5.41) is 0. The molecule has 0 unspecified atom stereocenters. The number of ether oxygens (including phenoxy) is 1. The van der Waals surface area contributed by atoms with Gasteiger partial charge in [-0.1, -0.05) is 19.9 Å². The smallest absolute Gasteiger partial charge is 0.122 e. The third kappa shape index (κ3) is 2.98. The van der Waals surface area contributed by atoms with Crippen molar-refractivity contribution in [3.63, 3.8) is 0 Å². The quantitative estimate of drug-likeness (QED) is 0.718. The summed E-state index contributed by atoms with van der Waals surface area (Å²) in [5.74, 6) is 1.05. The van der Waals surface area contributed by atoms with E-state index in [-0.39, 0.29) is 0 Å². The van der Waals surface area contributed by atoms with Gasteiger partial charge >= 0.3 is 0 Å². The largest absolute Gasteiger partial charge is 0.490 e. The SMILES string of the molecule is CCC(CC)Oc1cc(C)c(C)cc1C. The Balaban J connectivity index is 2.89. The summed E-state index contributed by atoms with van der Waals surface area (Å²) in [6, 6.07) is 4.36. The number of rotatable bonds is 4. The maximum Gasteiger partial charge on any atom is 0.122 e. The van der Waals surface area contributed by atoms with E-state index in [2.05, 4.69) is 46.8 Å². The first kappa shape index (κ1) is 12.1. The van der Waals surface area contributed by atoms with E-state index >= 15 is 0 Å². The molecule has 0 aliphatic heterocycles. The monoisotopic (exact) mass is 206 g/mol. The van der Waals surface area contributed by atoms with Crippen molar-refractivity contribution in [3.8, 4) is 5.75 Å². The molecule has 1 aromatic carbocycles.